The van der Waals surface area contributed by atoms with E-state index in [9.17, 15) is 4.39 Å². The average Bonchev–Trinajstić information content (AvgIpc) is 2.61. The van der Waals surface area contributed by atoms with Gasteiger partial charge in [0.15, 0.2) is 0 Å². The monoisotopic (exact) mass is 339 g/mol. The molecule has 0 bridgehead atoms. The summed E-state index contributed by atoms with van der Waals surface area (Å²) in [6.45, 7) is 6.38. The van der Waals surface area contributed by atoms with E-state index in [1.807, 2.05) is 25.5 Å². The molecule has 0 saturated heterocycles. The number of hydrogen-bond donors (Lipinski definition) is 1. The summed E-state index contributed by atoms with van der Waals surface area (Å²) in [4.78, 5) is 0. The molecule has 0 aliphatic rings. The van der Waals surface area contributed by atoms with Crippen LogP contribution in [0, 0.1) is 19.7 Å². The van der Waals surface area contributed by atoms with Crippen molar-refractivity contribution in [1.82, 2.24) is 9.78 Å². The standard InChI is InChI=1S/C15H19BrFN3/c1-9(18)6-14-10(2)19-20(11(14)3)8-12-7-13(16)4-5-15(12)17/h4-5,7,9H,6,8,18H2,1-3H3. The highest BCUT2D eigenvalue weighted by molar-refractivity contribution is 9.10. The lowest BCUT2D eigenvalue weighted by molar-refractivity contribution is 0.578. The third kappa shape index (κ3) is 3.27. The summed E-state index contributed by atoms with van der Waals surface area (Å²) in [7, 11) is 0. The molecule has 1 atom stereocenters. The van der Waals surface area contributed by atoms with Crippen molar-refractivity contribution in [2.75, 3.05) is 0 Å². The van der Waals surface area contributed by atoms with Crippen molar-refractivity contribution < 1.29 is 4.39 Å². The molecule has 0 aliphatic carbocycles. The van der Waals surface area contributed by atoms with Gasteiger partial charge >= 0.3 is 0 Å². The van der Waals surface area contributed by atoms with Crippen LogP contribution >= 0.6 is 15.9 Å². The van der Waals surface area contributed by atoms with Crippen LogP contribution in [0.15, 0.2) is 22.7 Å². The van der Waals surface area contributed by atoms with E-state index >= 15 is 0 Å². The lowest BCUT2D eigenvalue weighted by Gasteiger charge is -2.08. The van der Waals surface area contributed by atoms with Gasteiger partial charge in [0.2, 0.25) is 0 Å². The van der Waals surface area contributed by atoms with Crippen LogP contribution < -0.4 is 5.73 Å². The van der Waals surface area contributed by atoms with Crippen LogP contribution in [0.25, 0.3) is 0 Å². The van der Waals surface area contributed by atoms with Gasteiger partial charge < -0.3 is 5.73 Å². The Labute approximate surface area is 127 Å². The minimum absolute atomic E-state index is 0.0904. The Morgan fingerprint density at radius 2 is 2.10 bits per heavy atom. The Bertz CT molecular complexity index is 620. The third-order valence-electron chi connectivity index (χ3n) is 3.39. The molecule has 2 rings (SSSR count). The van der Waals surface area contributed by atoms with Crippen LogP contribution in [0.4, 0.5) is 4.39 Å². The summed E-state index contributed by atoms with van der Waals surface area (Å²) in [6, 6.07) is 5.04. The van der Waals surface area contributed by atoms with Crippen LogP contribution in [0.1, 0.15) is 29.4 Å². The van der Waals surface area contributed by atoms with Gasteiger partial charge in [0.1, 0.15) is 5.82 Å². The van der Waals surface area contributed by atoms with Gasteiger partial charge in [-0.3, -0.25) is 4.68 Å². The zero-order valence-corrected chi connectivity index (χ0v) is 13.5. The smallest absolute Gasteiger partial charge is 0.128 e. The molecule has 3 nitrogen and oxygen atoms in total. The molecule has 1 aromatic carbocycles. The van der Waals surface area contributed by atoms with E-state index < -0.39 is 0 Å². The molecule has 0 fully saturated rings. The maximum atomic E-state index is 13.8. The van der Waals surface area contributed by atoms with Crippen molar-refractivity contribution >= 4 is 15.9 Å². The van der Waals surface area contributed by atoms with Crippen LogP contribution in [-0.4, -0.2) is 15.8 Å². The van der Waals surface area contributed by atoms with Crippen molar-refractivity contribution in [2.24, 2.45) is 5.73 Å². The first-order valence-corrected chi connectivity index (χ1v) is 7.40. The van der Waals surface area contributed by atoms with E-state index in [2.05, 4.69) is 21.0 Å². The normalized spacial score (nSPS) is 12.7. The number of hydrogen-bond acceptors (Lipinski definition) is 2. The van der Waals surface area contributed by atoms with Gasteiger partial charge in [0.25, 0.3) is 0 Å². The van der Waals surface area contributed by atoms with Gasteiger partial charge in [-0.15, -0.1) is 0 Å². The summed E-state index contributed by atoms with van der Waals surface area (Å²) < 4.78 is 16.5. The average molecular weight is 340 g/mol. The summed E-state index contributed by atoms with van der Waals surface area (Å²) in [5.74, 6) is -0.213. The van der Waals surface area contributed by atoms with Gasteiger partial charge in [0.05, 0.1) is 12.2 Å². The Morgan fingerprint density at radius 3 is 2.75 bits per heavy atom. The number of benzene rings is 1. The van der Waals surface area contributed by atoms with E-state index in [1.54, 1.807) is 12.1 Å². The minimum Gasteiger partial charge on any atom is -0.328 e. The molecule has 0 amide bonds. The van der Waals surface area contributed by atoms with Gasteiger partial charge in [-0.05, 0) is 51.0 Å². The fraction of sp³-hybridized carbons (Fsp3) is 0.400. The van der Waals surface area contributed by atoms with Crippen molar-refractivity contribution in [3.05, 3.63) is 51.0 Å². The lowest BCUT2D eigenvalue weighted by Crippen LogP contribution is -2.18. The lowest BCUT2D eigenvalue weighted by atomic mass is 10.1. The highest BCUT2D eigenvalue weighted by atomic mass is 79.9. The zero-order valence-electron chi connectivity index (χ0n) is 12.0. The molecule has 5 heteroatoms. The van der Waals surface area contributed by atoms with Crippen molar-refractivity contribution in [3.63, 3.8) is 0 Å². The minimum atomic E-state index is -0.213. The Hall–Kier alpha value is -1.20. The van der Waals surface area contributed by atoms with Gasteiger partial charge in [-0.25, -0.2) is 4.39 Å². The summed E-state index contributed by atoms with van der Waals surface area (Å²) >= 11 is 3.37. The number of nitrogens with zero attached hydrogens (tertiary/aromatic N) is 2. The number of aromatic nitrogens is 2. The first-order valence-electron chi connectivity index (χ1n) is 6.61. The second-order valence-corrected chi connectivity index (χ2v) is 6.14. The molecule has 1 heterocycles. The molecule has 0 saturated carbocycles. The van der Waals surface area contributed by atoms with Crippen LogP contribution in [0.5, 0.6) is 0 Å². The molecule has 108 valence electrons. The second kappa shape index (κ2) is 6.06. The first kappa shape index (κ1) is 15.2. The van der Waals surface area contributed by atoms with Crippen LogP contribution in [0.2, 0.25) is 0 Å². The fourth-order valence-electron chi connectivity index (χ4n) is 2.33. The molecule has 0 spiro atoms. The maximum Gasteiger partial charge on any atom is 0.128 e. The number of halogens is 2. The largest absolute Gasteiger partial charge is 0.328 e. The third-order valence-corrected chi connectivity index (χ3v) is 3.88. The van der Waals surface area contributed by atoms with Crippen molar-refractivity contribution in [3.8, 4) is 0 Å². The second-order valence-electron chi connectivity index (χ2n) is 5.22. The van der Waals surface area contributed by atoms with E-state index in [0.29, 0.717) is 12.1 Å². The van der Waals surface area contributed by atoms with Gasteiger partial charge in [-0.2, -0.15) is 5.10 Å². The molecule has 1 unspecified atom stereocenters. The quantitative estimate of drug-likeness (QED) is 0.928. The highest BCUT2D eigenvalue weighted by Gasteiger charge is 2.14. The molecule has 2 aromatic rings. The SMILES string of the molecule is Cc1nn(Cc2cc(Br)ccc2F)c(C)c1CC(C)N. The Kier molecular flexibility index (Phi) is 4.60. The Balaban J connectivity index is 2.32. The molecule has 20 heavy (non-hydrogen) atoms. The molecule has 0 aliphatic heterocycles. The Morgan fingerprint density at radius 1 is 1.40 bits per heavy atom. The zero-order chi connectivity index (χ0) is 14.9. The van der Waals surface area contributed by atoms with Crippen LogP contribution in [-0.2, 0) is 13.0 Å². The molecular formula is C15H19BrFN3. The molecule has 0 radical (unpaired) electrons. The van der Waals surface area contributed by atoms with E-state index in [-0.39, 0.29) is 11.9 Å². The van der Waals surface area contributed by atoms with Crippen molar-refractivity contribution in [2.45, 2.75) is 39.8 Å². The topological polar surface area (TPSA) is 43.8 Å². The fourth-order valence-corrected chi connectivity index (χ4v) is 2.74. The highest BCUT2D eigenvalue weighted by Crippen LogP contribution is 2.20. The van der Waals surface area contributed by atoms with E-state index in [1.165, 1.54) is 6.07 Å². The summed E-state index contributed by atoms with van der Waals surface area (Å²) in [5.41, 5.74) is 9.67. The number of nitrogens with two attached hydrogens (primary N) is 1. The summed E-state index contributed by atoms with van der Waals surface area (Å²) in [5, 5.41) is 4.51. The number of aryl methyl sites for hydroxylation is 1. The predicted molar refractivity (Wildman–Crippen MR) is 82.3 cm³/mol. The predicted octanol–water partition coefficient (Wildman–Crippen LogP) is 3.34. The molecular weight excluding hydrogens is 321 g/mol. The van der Waals surface area contributed by atoms with Crippen molar-refractivity contribution in [1.29, 1.82) is 0 Å². The maximum absolute atomic E-state index is 13.8. The van der Waals surface area contributed by atoms with Gasteiger partial charge in [0, 0.05) is 21.8 Å². The number of rotatable bonds is 4. The van der Waals surface area contributed by atoms with E-state index in [4.69, 9.17) is 5.73 Å². The summed E-state index contributed by atoms with van der Waals surface area (Å²) in [6.07, 6.45) is 0.790. The molecule has 2 N–H and O–H groups in total. The first-order chi connectivity index (χ1) is 9.38. The van der Waals surface area contributed by atoms with Gasteiger partial charge in [-0.1, -0.05) is 15.9 Å². The van der Waals surface area contributed by atoms with Crippen LogP contribution in [0.3, 0.4) is 0 Å². The van der Waals surface area contributed by atoms with E-state index in [0.717, 1.165) is 27.8 Å². The molecule has 1 aromatic heterocycles.